The molecule has 0 amide bonds. The van der Waals surface area contributed by atoms with Crippen LogP contribution in [-0.4, -0.2) is 31.6 Å². The molecule has 0 radical (unpaired) electrons. The molecule has 5 heteroatoms. The van der Waals surface area contributed by atoms with E-state index in [0.29, 0.717) is 0 Å². The Morgan fingerprint density at radius 3 is 0.771 bits per heavy atom. The van der Waals surface area contributed by atoms with E-state index in [9.17, 15) is 0 Å². The van der Waals surface area contributed by atoms with E-state index in [2.05, 4.69) is 134 Å². The van der Waals surface area contributed by atoms with Crippen LogP contribution in [-0.2, 0) is 0 Å². The Bertz CT molecular complexity index is 1090. The van der Waals surface area contributed by atoms with Gasteiger partial charge in [-0.05, 0) is 36.3 Å². The number of halogens is 1. The van der Waals surface area contributed by atoms with E-state index in [1.165, 1.54) is 47.8 Å². The van der Waals surface area contributed by atoms with Crippen LogP contribution >= 0.6 is 11.1 Å². The van der Waals surface area contributed by atoms with Crippen LogP contribution < -0.4 is 31.1 Å². The van der Waals surface area contributed by atoms with E-state index in [1.54, 1.807) is 0 Å². The summed E-state index contributed by atoms with van der Waals surface area (Å²) < 4.78 is 0. The average molecular weight is 553 g/mol. The summed E-state index contributed by atoms with van der Waals surface area (Å²) in [7, 11) is -7.27. The van der Waals surface area contributed by atoms with Crippen molar-refractivity contribution >= 4 is 73.8 Å². The van der Waals surface area contributed by atoms with Gasteiger partial charge in [-0.15, -0.1) is 11.1 Å². The van der Waals surface area contributed by atoms with Crippen molar-refractivity contribution in [3.8, 4) is 0 Å². The number of hydrogen-bond acceptors (Lipinski definition) is 0. The molecule has 35 heavy (non-hydrogen) atoms. The molecule has 3 aromatic carbocycles. The SMILES string of the molecule is Cc1cc([Si](C)(C)C)cc([Si](Cl)(c2cc(C)cc([Si](C)(C)C)c2)c2cc(C)cc([Si](C)(C)C)c2)c1. The van der Waals surface area contributed by atoms with Crippen molar-refractivity contribution in [2.45, 2.75) is 79.7 Å². The monoisotopic (exact) mass is 552 g/mol. The van der Waals surface area contributed by atoms with Gasteiger partial charge < -0.3 is 0 Å². The minimum absolute atomic E-state index is 1.33. The highest BCUT2D eigenvalue weighted by molar-refractivity contribution is 7.40. The Balaban J connectivity index is 2.47. The first-order chi connectivity index (χ1) is 15.8. The van der Waals surface area contributed by atoms with Gasteiger partial charge in [-0.25, -0.2) is 0 Å². The molecule has 0 saturated carbocycles. The van der Waals surface area contributed by atoms with Gasteiger partial charge >= 0.3 is 0 Å². The van der Waals surface area contributed by atoms with Crippen LogP contribution in [0.15, 0.2) is 54.6 Å². The minimum Gasteiger partial charge on any atom is -0.149 e. The molecular formula is C30H45ClSi4. The van der Waals surface area contributed by atoms with E-state index in [0.717, 1.165) is 0 Å². The van der Waals surface area contributed by atoms with Crippen molar-refractivity contribution in [3.63, 3.8) is 0 Å². The van der Waals surface area contributed by atoms with Gasteiger partial charge in [0.2, 0.25) is 7.38 Å². The Labute approximate surface area is 223 Å². The molecule has 0 N–H and O–H groups in total. The first-order valence-electron chi connectivity index (χ1n) is 12.9. The minimum atomic E-state index is -2.76. The molecule has 0 spiro atoms. The highest BCUT2D eigenvalue weighted by Crippen LogP contribution is 2.17. The zero-order valence-electron chi connectivity index (χ0n) is 24.1. The Morgan fingerprint density at radius 2 is 0.571 bits per heavy atom. The van der Waals surface area contributed by atoms with Gasteiger partial charge in [0.15, 0.2) is 0 Å². The van der Waals surface area contributed by atoms with Crippen LogP contribution in [0.4, 0.5) is 0 Å². The molecule has 3 aromatic rings. The van der Waals surface area contributed by atoms with Crippen LogP contribution in [0.3, 0.4) is 0 Å². The van der Waals surface area contributed by atoms with Gasteiger partial charge in [0.05, 0.1) is 24.2 Å². The quantitative estimate of drug-likeness (QED) is 0.216. The first-order valence-corrected chi connectivity index (χ1v) is 26.4. The van der Waals surface area contributed by atoms with Crippen LogP contribution in [0.5, 0.6) is 0 Å². The van der Waals surface area contributed by atoms with Gasteiger partial charge in [-0.2, -0.15) is 0 Å². The van der Waals surface area contributed by atoms with Crippen molar-refractivity contribution in [1.82, 2.24) is 0 Å². The summed E-state index contributed by atoms with van der Waals surface area (Å²) in [6.45, 7) is 28.7. The summed E-state index contributed by atoms with van der Waals surface area (Å²) in [6, 6.07) is 21.8. The predicted molar refractivity (Wildman–Crippen MR) is 173 cm³/mol. The highest BCUT2D eigenvalue weighted by atomic mass is 35.6. The molecule has 0 nitrogen and oxygen atoms in total. The van der Waals surface area contributed by atoms with E-state index in [1.807, 2.05) is 0 Å². The van der Waals surface area contributed by atoms with E-state index >= 15 is 0 Å². The lowest BCUT2D eigenvalue weighted by molar-refractivity contribution is 1.48. The summed E-state index contributed by atoms with van der Waals surface area (Å²) in [6.07, 6.45) is 0. The van der Waals surface area contributed by atoms with Crippen LogP contribution in [0.1, 0.15) is 16.7 Å². The van der Waals surface area contributed by atoms with Gasteiger partial charge in [-0.3, -0.25) is 0 Å². The molecule has 0 saturated heterocycles. The molecule has 0 aliphatic rings. The second-order valence-corrected chi connectivity index (χ2v) is 33.7. The molecule has 0 aromatic heterocycles. The lowest BCUT2D eigenvalue weighted by atomic mass is 10.2. The van der Waals surface area contributed by atoms with Gasteiger partial charge in [0.25, 0.3) is 0 Å². The van der Waals surface area contributed by atoms with Crippen molar-refractivity contribution in [2.75, 3.05) is 0 Å². The van der Waals surface area contributed by atoms with E-state index < -0.39 is 31.6 Å². The zero-order chi connectivity index (χ0) is 26.6. The van der Waals surface area contributed by atoms with Gasteiger partial charge in [-0.1, -0.05) is 146 Å². The molecule has 0 atom stereocenters. The molecule has 0 heterocycles. The summed E-state index contributed by atoms with van der Waals surface area (Å²) in [5, 5.41) is 8.53. The fraction of sp³-hybridized carbons (Fsp3) is 0.400. The fourth-order valence-electron chi connectivity index (χ4n) is 4.74. The molecule has 0 bridgehead atoms. The van der Waals surface area contributed by atoms with Crippen LogP contribution in [0.25, 0.3) is 0 Å². The standard InChI is InChI=1S/C30H45ClSi4/c1-22-13-25(32(4,5)6)19-28(16-22)35(31,29-17-23(2)14-26(20-29)33(7,8)9)30-18-24(3)15-27(21-30)34(10,11)12/h13-21H,1-12H3. The molecule has 0 unspecified atom stereocenters. The Kier molecular flexibility index (Phi) is 7.79. The maximum atomic E-state index is 8.18. The largest absolute Gasteiger partial charge is 0.247 e. The van der Waals surface area contributed by atoms with Crippen molar-refractivity contribution in [3.05, 3.63) is 71.3 Å². The predicted octanol–water partition coefficient (Wildman–Crippen LogP) is 5.45. The van der Waals surface area contributed by atoms with Gasteiger partial charge in [0, 0.05) is 0 Å². The van der Waals surface area contributed by atoms with Crippen molar-refractivity contribution < 1.29 is 0 Å². The fourth-order valence-corrected chi connectivity index (χ4v) is 13.3. The first kappa shape index (κ1) is 28.4. The molecule has 3 rings (SSSR count). The molecular weight excluding hydrogens is 508 g/mol. The zero-order valence-corrected chi connectivity index (χ0v) is 28.8. The average Bonchev–Trinajstić information content (AvgIpc) is 2.69. The topological polar surface area (TPSA) is 0 Å². The molecule has 0 aliphatic carbocycles. The summed E-state index contributed by atoms with van der Waals surface area (Å²) in [5.74, 6) is 0. The van der Waals surface area contributed by atoms with Crippen molar-refractivity contribution in [2.24, 2.45) is 0 Å². The lowest BCUT2D eigenvalue weighted by Gasteiger charge is -2.32. The third-order valence-corrected chi connectivity index (χ3v) is 18.3. The molecule has 188 valence electrons. The van der Waals surface area contributed by atoms with Crippen LogP contribution in [0.2, 0.25) is 58.9 Å². The number of aryl methyl sites for hydroxylation is 3. The maximum absolute atomic E-state index is 8.18. The maximum Gasteiger partial charge on any atom is 0.247 e. The second-order valence-electron chi connectivity index (χ2n) is 13.7. The highest BCUT2D eigenvalue weighted by Gasteiger charge is 2.40. The Hall–Kier alpha value is -1.18. The Morgan fingerprint density at radius 1 is 0.371 bits per heavy atom. The lowest BCUT2D eigenvalue weighted by Crippen LogP contribution is -2.65. The van der Waals surface area contributed by atoms with Gasteiger partial charge in [0.1, 0.15) is 0 Å². The van der Waals surface area contributed by atoms with Crippen molar-refractivity contribution in [1.29, 1.82) is 0 Å². The third kappa shape index (κ3) is 6.21. The number of hydrogen-bond donors (Lipinski definition) is 0. The second kappa shape index (κ2) is 9.60. The molecule has 0 aliphatic heterocycles. The van der Waals surface area contributed by atoms with E-state index in [-0.39, 0.29) is 0 Å². The normalized spacial score (nSPS) is 13.3. The third-order valence-electron chi connectivity index (χ3n) is 7.02. The summed E-state index contributed by atoms with van der Waals surface area (Å²) in [4.78, 5) is 0. The smallest absolute Gasteiger partial charge is 0.149 e. The number of benzene rings is 3. The van der Waals surface area contributed by atoms with Crippen LogP contribution in [0, 0.1) is 20.8 Å². The van der Waals surface area contributed by atoms with E-state index in [4.69, 9.17) is 11.1 Å². The number of rotatable bonds is 6. The summed E-state index contributed by atoms with van der Waals surface area (Å²) >= 11 is 8.18. The molecule has 0 fully saturated rings. The summed E-state index contributed by atoms with van der Waals surface area (Å²) in [5.41, 5.74) is 3.98.